The van der Waals surface area contributed by atoms with Gasteiger partial charge in [0, 0.05) is 19.6 Å². The van der Waals surface area contributed by atoms with Crippen LogP contribution in [0.5, 0.6) is 0 Å². The van der Waals surface area contributed by atoms with Crippen molar-refractivity contribution in [3.05, 3.63) is 35.9 Å². The fraction of sp³-hybridized carbons (Fsp3) is 0.571. The largest absolute Gasteiger partial charge is 0.395 e. The predicted molar refractivity (Wildman–Crippen MR) is 72.7 cm³/mol. The first-order chi connectivity index (χ1) is 9.26. The Labute approximate surface area is 114 Å². The van der Waals surface area contributed by atoms with E-state index in [4.69, 9.17) is 14.9 Å². The Balaban J connectivity index is 2.20. The molecule has 0 fully saturated rings. The summed E-state index contributed by atoms with van der Waals surface area (Å²) in [6.07, 6.45) is -0.623. The molecule has 1 atom stereocenters. The van der Waals surface area contributed by atoms with E-state index in [9.17, 15) is 5.11 Å². The SMILES string of the molecule is OCCN(CCO)C[C@H](O)COCc1ccccc1. The van der Waals surface area contributed by atoms with Crippen molar-refractivity contribution in [3.63, 3.8) is 0 Å². The van der Waals surface area contributed by atoms with Gasteiger partial charge in [-0.05, 0) is 5.56 Å². The maximum Gasteiger partial charge on any atom is 0.0900 e. The van der Waals surface area contributed by atoms with Gasteiger partial charge in [0.05, 0.1) is 32.5 Å². The van der Waals surface area contributed by atoms with Gasteiger partial charge in [-0.1, -0.05) is 30.3 Å². The lowest BCUT2D eigenvalue weighted by molar-refractivity contribution is 0.00524. The lowest BCUT2D eigenvalue weighted by Crippen LogP contribution is -2.38. The molecule has 0 aliphatic heterocycles. The van der Waals surface area contributed by atoms with E-state index in [1.165, 1.54) is 0 Å². The molecule has 1 aromatic rings. The van der Waals surface area contributed by atoms with Gasteiger partial charge in [0.2, 0.25) is 0 Å². The fourth-order valence-corrected chi connectivity index (χ4v) is 1.82. The van der Waals surface area contributed by atoms with Crippen molar-refractivity contribution in [2.24, 2.45) is 0 Å². The van der Waals surface area contributed by atoms with Crippen LogP contribution in [0.3, 0.4) is 0 Å². The highest BCUT2D eigenvalue weighted by Gasteiger charge is 2.11. The number of hydrogen-bond donors (Lipinski definition) is 3. The second-order valence-corrected chi connectivity index (χ2v) is 4.40. The Hall–Kier alpha value is -0.980. The number of nitrogens with zero attached hydrogens (tertiary/aromatic N) is 1. The minimum Gasteiger partial charge on any atom is -0.395 e. The summed E-state index contributed by atoms with van der Waals surface area (Å²) < 4.78 is 5.44. The van der Waals surface area contributed by atoms with E-state index < -0.39 is 6.10 Å². The van der Waals surface area contributed by atoms with Crippen molar-refractivity contribution in [2.75, 3.05) is 39.5 Å². The molecule has 5 nitrogen and oxygen atoms in total. The molecule has 0 aliphatic rings. The average molecular weight is 269 g/mol. The molecule has 0 spiro atoms. The molecule has 1 aromatic carbocycles. The third-order valence-corrected chi connectivity index (χ3v) is 2.72. The van der Waals surface area contributed by atoms with Crippen LogP contribution in [0, 0.1) is 0 Å². The average Bonchev–Trinajstić information content (AvgIpc) is 2.40. The van der Waals surface area contributed by atoms with Crippen LogP contribution in [-0.4, -0.2) is 65.8 Å². The molecule has 0 unspecified atom stereocenters. The van der Waals surface area contributed by atoms with Crippen molar-refractivity contribution in [2.45, 2.75) is 12.7 Å². The van der Waals surface area contributed by atoms with E-state index in [0.717, 1.165) is 5.56 Å². The molecular formula is C14H23NO4. The monoisotopic (exact) mass is 269 g/mol. The van der Waals surface area contributed by atoms with E-state index >= 15 is 0 Å². The number of ether oxygens (including phenoxy) is 1. The number of aliphatic hydroxyl groups is 3. The summed E-state index contributed by atoms with van der Waals surface area (Å²) in [6, 6.07) is 9.77. The second kappa shape index (κ2) is 9.89. The number of aliphatic hydroxyl groups excluding tert-OH is 3. The van der Waals surface area contributed by atoms with Crippen LogP contribution in [0.1, 0.15) is 5.56 Å². The molecule has 1 rings (SSSR count). The van der Waals surface area contributed by atoms with E-state index in [1.54, 1.807) is 4.90 Å². The van der Waals surface area contributed by atoms with Gasteiger partial charge in [-0.3, -0.25) is 4.90 Å². The van der Waals surface area contributed by atoms with E-state index in [0.29, 0.717) is 26.2 Å². The van der Waals surface area contributed by atoms with E-state index in [2.05, 4.69) is 0 Å². The molecule has 0 saturated heterocycles. The van der Waals surface area contributed by atoms with Crippen molar-refractivity contribution in [3.8, 4) is 0 Å². The van der Waals surface area contributed by atoms with Crippen LogP contribution in [0.25, 0.3) is 0 Å². The molecule has 0 bridgehead atoms. The first-order valence-corrected chi connectivity index (χ1v) is 6.50. The summed E-state index contributed by atoms with van der Waals surface area (Å²) in [7, 11) is 0. The quantitative estimate of drug-likeness (QED) is 0.551. The van der Waals surface area contributed by atoms with Crippen molar-refractivity contribution < 1.29 is 20.1 Å². The highest BCUT2D eigenvalue weighted by Crippen LogP contribution is 2.01. The van der Waals surface area contributed by atoms with Crippen LogP contribution in [0.4, 0.5) is 0 Å². The predicted octanol–water partition coefficient (Wildman–Crippen LogP) is -0.149. The summed E-state index contributed by atoms with van der Waals surface area (Å²) in [6.45, 7) is 2.00. The molecule has 0 saturated carbocycles. The van der Waals surface area contributed by atoms with Gasteiger partial charge in [0.15, 0.2) is 0 Å². The summed E-state index contributed by atoms with van der Waals surface area (Å²) in [5.74, 6) is 0. The molecular weight excluding hydrogens is 246 g/mol. The van der Waals surface area contributed by atoms with Crippen molar-refractivity contribution in [1.82, 2.24) is 4.90 Å². The van der Waals surface area contributed by atoms with Crippen LogP contribution in [0.15, 0.2) is 30.3 Å². The van der Waals surface area contributed by atoms with Gasteiger partial charge in [-0.15, -0.1) is 0 Å². The Morgan fingerprint density at radius 3 is 2.26 bits per heavy atom. The molecule has 0 amide bonds. The molecule has 108 valence electrons. The standard InChI is InChI=1S/C14H23NO4/c16-8-6-15(7-9-17)10-14(18)12-19-11-13-4-2-1-3-5-13/h1-5,14,16-18H,6-12H2/t14-/m0/s1. The van der Waals surface area contributed by atoms with Gasteiger partial charge in [0.25, 0.3) is 0 Å². The Morgan fingerprint density at radius 2 is 1.68 bits per heavy atom. The summed E-state index contributed by atoms with van der Waals surface area (Å²) in [5.41, 5.74) is 1.07. The third-order valence-electron chi connectivity index (χ3n) is 2.72. The molecule has 0 aromatic heterocycles. The lowest BCUT2D eigenvalue weighted by atomic mass is 10.2. The van der Waals surface area contributed by atoms with Gasteiger partial charge < -0.3 is 20.1 Å². The molecule has 3 N–H and O–H groups in total. The number of benzene rings is 1. The Kier molecular flexibility index (Phi) is 8.36. The molecule has 19 heavy (non-hydrogen) atoms. The van der Waals surface area contributed by atoms with Crippen molar-refractivity contribution in [1.29, 1.82) is 0 Å². The van der Waals surface area contributed by atoms with Crippen LogP contribution in [-0.2, 0) is 11.3 Å². The Morgan fingerprint density at radius 1 is 1.05 bits per heavy atom. The maximum atomic E-state index is 9.82. The zero-order chi connectivity index (χ0) is 13.9. The summed E-state index contributed by atoms with van der Waals surface area (Å²) in [5, 5.41) is 27.6. The third kappa shape index (κ3) is 7.25. The van der Waals surface area contributed by atoms with Gasteiger partial charge >= 0.3 is 0 Å². The van der Waals surface area contributed by atoms with Gasteiger partial charge in [-0.2, -0.15) is 0 Å². The first-order valence-electron chi connectivity index (χ1n) is 6.50. The summed E-state index contributed by atoms with van der Waals surface area (Å²) >= 11 is 0. The zero-order valence-corrected chi connectivity index (χ0v) is 11.1. The van der Waals surface area contributed by atoms with Crippen LogP contribution < -0.4 is 0 Å². The summed E-state index contributed by atoms with van der Waals surface area (Å²) in [4.78, 5) is 1.80. The van der Waals surface area contributed by atoms with Gasteiger partial charge in [-0.25, -0.2) is 0 Å². The fourth-order valence-electron chi connectivity index (χ4n) is 1.82. The van der Waals surface area contributed by atoms with Crippen LogP contribution >= 0.6 is 0 Å². The minimum absolute atomic E-state index is 0.0115. The van der Waals surface area contributed by atoms with E-state index in [1.807, 2.05) is 30.3 Å². The topological polar surface area (TPSA) is 73.2 Å². The minimum atomic E-state index is -0.623. The Bertz CT molecular complexity index is 314. The highest BCUT2D eigenvalue weighted by molar-refractivity contribution is 5.13. The lowest BCUT2D eigenvalue weighted by Gasteiger charge is -2.23. The second-order valence-electron chi connectivity index (χ2n) is 4.40. The van der Waals surface area contributed by atoms with Crippen molar-refractivity contribution >= 4 is 0 Å². The molecule has 0 heterocycles. The number of hydrogen-bond acceptors (Lipinski definition) is 5. The zero-order valence-electron chi connectivity index (χ0n) is 11.1. The van der Waals surface area contributed by atoms with E-state index in [-0.39, 0.29) is 19.8 Å². The normalized spacial score (nSPS) is 12.8. The molecule has 0 aliphatic carbocycles. The van der Waals surface area contributed by atoms with Crippen LogP contribution in [0.2, 0.25) is 0 Å². The first kappa shape index (κ1) is 16.1. The number of rotatable bonds is 10. The molecule has 0 radical (unpaired) electrons. The van der Waals surface area contributed by atoms with Gasteiger partial charge in [0.1, 0.15) is 0 Å². The maximum absolute atomic E-state index is 9.82. The highest BCUT2D eigenvalue weighted by atomic mass is 16.5. The molecule has 5 heteroatoms. The smallest absolute Gasteiger partial charge is 0.0900 e.